The maximum absolute atomic E-state index is 12.6. The summed E-state index contributed by atoms with van der Waals surface area (Å²) in [6.07, 6.45) is 3.32. The fraction of sp³-hybridized carbons (Fsp3) is 0.647. The summed E-state index contributed by atoms with van der Waals surface area (Å²) in [6.45, 7) is 5.42. The fourth-order valence-electron chi connectivity index (χ4n) is 2.96. The molecule has 2 rings (SSSR count). The Labute approximate surface area is 153 Å². The van der Waals surface area contributed by atoms with Gasteiger partial charge in [0.2, 0.25) is 11.8 Å². The summed E-state index contributed by atoms with van der Waals surface area (Å²) < 4.78 is 0. The maximum Gasteiger partial charge on any atom is 0.233 e. The van der Waals surface area contributed by atoms with Crippen molar-refractivity contribution in [3.8, 4) is 0 Å². The van der Waals surface area contributed by atoms with E-state index in [1.165, 1.54) is 11.8 Å². The van der Waals surface area contributed by atoms with E-state index in [1.807, 2.05) is 24.8 Å². The van der Waals surface area contributed by atoms with Crippen LogP contribution in [-0.2, 0) is 9.59 Å². The Morgan fingerprint density at radius 1 is 1.32 bits per heavy atom. The largest absolute Gasteiger partial charge is 0.354 e. The second-order valence-electron chi connectivity index (χ2n) is 6.30. The Morgan fingerprint density at radius 2 is 2.04 bits per heavy atom. The van der Waals surface area contributed by atoms with Gasteiger partial charge in [0, 0.05) is 43.5 Å². The lowest BCUT2D eigenvalue weighted by Gasteiger charge is -2.35. The van der Waals surface area contributed by atoms with Crippen LogP contribution in [0, 0.1) is 13.8 Å². The summed E-state index contributed by atoms with van der Waals surface area (Å²) in [5.41, 5.74) is 7.20. The van der Waals surface area contributed by atoms with Crippen LogP contribution in [0.3, 0.4) is 0 Å². The van der Waals surface area contributed by atoms with E-state index in [4.69, 9.17) is 5.73 Å². The van der Waals surface area contributed by atoms with Gasteiger partial charge in [-0.15, -0.1) is 0 Å². The van der Waals surface area contributed by atoms with Crippen LogP contribution in [0.25, 0.3) is 0 Å². The highest BCUT2D eigenvalue weighted by Gasteiger charge is 2.27. The standard InChI is InChI=1S/C17H27N5O2S/c1-12-9-13(2)21-17(20-12)25-11-16(24)22-8-4-3-5-14(22)10-19-15(23)6-7-18/h9,14H,3-8,10-11,18H2,1-2H3,(H,19,23). The predicted octanol–water partition coefficient (Wildman–Crippen LogP) is 1.03. The number of nitrogens with one attached hydrogen (secondary N) is 1. The molecule has 1 unspecified atom stereocenters. The first-order chi connectivity index (χ1) is 12.0. The highest BCUT2D eigenvalue weighted by Crippen LogP contribution is 2.20. The molecule has 1 atom stereocenters. The zero-order chi connectivity index (χ0) is 18.2. The number of nitrogens with zero attached hydrogens (tertiary/aromatic N) is 3. The molecule has 2 heterocycles. The third kappa shape index (κ3) is 6.28. The minimum absolute atomic E-state index is 0.0570. The molecule has 0 aromatic carbocycles. The normalized spacial score (nSPS) is 17.4. The number of carbonyl (C=O) groups excluding carboxylic acids is 2. The Bertz CT molecular complexity index is 590. The van der Waals surface area contributed by atoms with E-state index in [2.05, 4.69) is 15.3 Å². The molecule has 7 nitrogen and oxygen atoms in total. The monoisotopic (exact) mass is 365 g/mol. The number of thioether (sulfide) groups is 1. The van der Waals surface area contributed by atoms with E-state index in [0.29, 0.717) is 30.4 Å². The van der Waals surface area contributed by atoms with Crippen molar-refractivity contribution in [2.75, 3.05) is 25.4 Å². The van der Waals surface area contributed by atoms with Crippen LogP contribution in [0.15, 0.2) is 11.2 Å². The summed E-state index contributed by atoms with van der Waals surface area (Å²) in [7, 11) is 0. The molecule has 1 aromatic heterocycles. The lowest BCUT2D eigenvalue weighted by atomic mass is 10.0. The molecule has 0 saturated carbocycles. The number of hydrogen-bond acceptors (Lipinski definition) is 6. The van der Waals surface area contributed by atoms with Crippen molar-refractivity contribution in [1.82, 2.24) is 20.2 Å². The van der Waals surface area contributed by atoms with Crippen molar-refractivity contribution < 1.29 is 9.59 Å². The van der Waals surface area contributed by atoms with Crippen molar-refractivity contribution in [3.63, 3.8) is 0 Å². The Balaban J connectivity index is 1.89. The highest BCUT2D eigenvalue weighted by molar-refractivity contribution is 7.99. The average molecular weight is 366 g/mol. The molecule has 1 fully saturated rings. The first kappa shape index (κ1) is 19.7. The Hall–Kier alpha value is -1.67. The van der Waals surface area contributed by atoms with Crippen LogP contribution >= 0.6 is 11.8 Å². The van der Waals surface area contributed by atoms with E-state index in [9.17, 15) is 9.59 Å². The maximum atomic E-state index is 12.6. The summed E-state index contributed by atoms with van der Waals surface area (Å²) in [5.74, 6) is 0.333. The summed E-state index contributed by atoms with van der Waals surface area (Å²) in [4.78, 5) is 34.9. The summed E-state index contributed by atoms with van der Waals surface area (Å²) in [6, 6.07) is 1.97. The zero-order valence-electron chi connectivity index (χ0n) is 15.0. The van der Waals surface area contributed by atoms with Gasteiger partial charge in [0.1, 0.15) is 0 Å². The minimum Gasteiger partial charge on any atom is -0.354 e. The van der Waals surface area contributed by atoms with Crippen molar-refractivity contribution in [1.29, 1.82) is 0 Å². The first-order valence-corrected chi connectivity index (χ1v) is 9.69. The number of carbonyl (C=O) groups is 2. The van der Waals surface area contributed by atoms with E-state index < -0.39 is 0 Å². The van der Waals surface area contributed by atoms with Gasteiger partial charge >= 0.3 is 0 Å². The van der Waals surface area contributed by atoms with Crippen molar-refractivity contribution in [2.24, 2.45) is 5.73 Å². The molecule has 138 valence electrons. The number of hydrogen-bond donors (Lipinski definition) is 2. The molecular formula is C17H27N5O2S. The van der Waals surface area contributed by atoms with E-state index in [0.717, 1.165) is 37.2 Å². The van der Waals surface area contributed by atoms with Crippen LogP contribution in [0.1, 0.15) is 37.1 Å². The van der Waals surface area contributed by atoms with E-state index >= 15 is 0 Å². The smallest absolute Gasteiger partial charge is 0.233 e. The van der Waals surface area contributed by atoms with Gasteiger partial charge in [-0.3, -0.25) is 9.59 Å². The average Bonchev–Trinajstić information content (AvgIpc) is 2.57. The molecule has 0 aliphatic carbocycles. The topological polar surface area (TPSA) is 101 Å². The molecular weight excluding hydrogens is 338 g/mol. The molecule has 25 heavy (non-hydrogen) atoms. The summed E-state index contributed by atoms with van der Waals surface area (Å²) in [5, 5.41) is 3.52. The van der Waals surface area contributed by atoms with Gasteiger partial charge in [0.25, 0.3) is 0 Å². The number of likely N-dealkylation sites (tertiary alicyclic amines) is 1. The van der Waals surface area contributed by atoms with Crippen LogP contribution in [-0.4, -0.2) is 58.1 Å². The second kappa shape index (κ2) is 9.72. The number of amides is 2. The third-order valence-corrected chi connectivity index (χ3v) is 4.97. The Kier molecular flexibility index (Phi) is 7.64. The van der Waals surface area contributed by atoms with Gasteiger partial charge in [-0.2, -0.15) is 0 Å². The lowest BCUT2D eigenvalue weighted by molar-refractivity contribution is -0.132. The first-order valence-electron chi connectivity index (χ1n) is 8.71. The van der Waals surface area contributed by atoms with Gasteiger partial charge in [0.05, 0.1) is 5.75 Å². The van der Waals surface area contributed by atoms with Gasteiger partial charge in [-0.05, 0) is 39.2 Å². The fourth-order valence-corrected chi connectivity index (χ4v) is 3.80. The molecule has 1 aliphatic heterocycles. The molecule has 1 saturated heterocycles. The SMILES string of the molecule is Cc1cc(C)nc(SCC(=O)N2CCCCC2CNC(=O)CCN)n1. The number of aromatic nitrogens is 2. The minimum atomic E-state index is -0.0570. The number of nitrogens with two attached hydrogens (primary N) is 1. The predicted molar refractivity (Wildman–Crippen MR) is 98.3 cm³/mol. The molecule has 1 aromatic rings. The summed E-state index contributed by atoms with van der Waals surface area (Å²) >= 11 is 1.37. The van der Waals surface area contributed by atoms with Gasteiger partial charge in [-0.25, -0.2) is 9.97 Å². The molecule has 0 radical (unpaired) electrons. The molecule has 3 N–H and O–H groups in total. The van der Waals surface area contributed by atoms with Crippen molar-refractivity contribution in [3.05, 3.63) is 17.5 Å². The number of piperidine rings is 1. The second-order valence-corrected chi connectivity index (χ2v) is 7.24. The highest BCUT2D eigenvalue weighted by atomic mass is 32.2. The van der Waals surface area contributed by atoms with Gasteiger partial charge in [-0.1, -0.05) is 11.8 Å². The van der Waals surface area contributed by atoms with Crippen molar-refractivity contribution in [2.45, 2.75) is 50.7 Å². The van der Waals surface area contributed by atoms with E-state index in [-0.39, 0.29) is 17.9 Å². The lowest BCUT2D eigenvalue weighted by Crippen LogP contribution is -2.50. The molecule has 0 spiro atoms. The third-order valence-electron chi connectivity index (χ3n) is 4.14. The molecule has 1 aliphatic rings. The number of aryl methyl sites for hydroxylation is 2. The van der Waals surface area contributed by atoms with E-state index in [1.54, 1.807) is 0 Å². The Morgan fingerprint density at radius 3 is 2.72 bits per heavy atom. The number of rotatable bonds is 7. The molecule has 8 heteroatoms. The van der Waals surface area contributed by atoms with Crippen LogP contribution < -0.4 is 11.1 Å². The van der Waals surface area contributed by atoms with Crippen molar-refractivity contribution >= 4 is 23.6 Å². The van der Waals surface area contributed by atoms with Crippen LogP contribution in [0.5, 0.6) is 0 Å². The quantitative estimate of drug-likeness (QED) is 0.553. The zero-order valence-corrected chi connectivity index (χ0v) is 15.8. The van der Waals surface area contributed by atoms with Gasteiger partial charge < -0.3 is 16.0 Å². The van der Waals surface area contributed by atoms with Crippen LogP contribution in [0.2, 0.25) is 0 Å². The van der Waals surface area contributed by atoms with Gasteiger partial charge in [0.15, 0.2) is 5.16 Å². The molecule has 0 bridgehead atoms. The molecule has 2 amide bonds. The van der Waals surface area contributed by atoms with Crippen LogP contribution in [0.4, 0.5) is 0 Å².